The van der Waals surface area contributed by atoms with Crippen LogP contribution in [0.3, 0.4) is 0 Å². The molecular weight excluding hydrogens is 759 g/mol. The van der Waals surface area contributed by atoms with Gasteiger partial charge < -0.3 is 8.83 Å². The number of benzene rings is 10. The van der Waals surface area contributed by atoms with Gasteiger partial charge in [0.05, 0.1) is 0 Å². The van der Waals surface area contributed by atoms with E-state index in [4.69, 9.17) is 23.8 Å². The van der Waals surface area contributed by atoms with Crippen LogP contribution in [0.15, 0.2) is 209 Å². The molecule has 0 amide bonds. The molecule has 0 fully saturated rings. The Balaban J connectivity index is 0.993. The van der Waals surface area contributed by atoms with Crippen molar-refractivity contribution in [2.24, 2.45) is 0 Å². The smallest absolute Gasteiger partial charge is 0.164 e. The number of hydrogen-bond donors (Lipinski definition) is 0. The zero-order valence-electron chi connectivity index (χ0n) is 33.2. The van der Waals surface area contributed by atoms with Gasteiger partial charge in [-0.2, -0.15) is 0 Å². The van der Waals surface area contributed by atoms with Gasteiger partial charge in [-0.05, 0) is 109 Å². The first kappa shape index (κ1) is 34.5. The molecule has 3 heterocycles. The molecule has 10 aromatic carbocycles. The first-order valence-electron chi connectivity index (χ1n) is 20.8. The maximum atomic E-state index is 6.62. The van der Waals surface area contributed by atoms with Crippen molar-refractivity contribution in [2.75, 3.05) is 0 Å². The van der Waals surface area contributed by atoms with Crippen LogP contribution >= 0.6 is 0 Å². The second-order valence-electron chi connectivity index (χ2n) is 16.0. The van der Waals surface area contributed by atoms with Crippen molar-refractivity contribution in [3.8, 4) is 56.4 Å². The molecule has 0 radical (unpaired) electrons. The Bertz CT molecular complexity index is 3940. The van der Waals surface area contributed by atoms with Gasteiger partial charge in [-0.15, -0.1) is 0 Å². The Morgan fingerprint density at radius 1 is 0.258 bits per heavy atom. The summed E-state index contributed by atoms with van der Waals surface area (Å²) in [5, 5.41) is 11.1. The van der Waals surface area contributed by atoms with Crippen molar-refractivity contribution in [2.45, 2.75) is 0 Å². The van der Waals surface area contributed by atoms with E-state index in [2.05, 4.69) is 170 Å². The number of furan rings is 2. The third kappa shape index (κ3) is 5.60. The zero-order valence-corrected chi connectivity index (χ0v) is 33.2. The Kier molecular flexibility index (Phi) is 7.54. The van der Waals surface area contributed by atoms with Gasteiger partial charge in [0.1, 0.15) is 22.3 Å². The van der Waals surface area contributed by atoms with E-state index in [0.717, 1.165) is 98.8 Å². The highest BCUT2D eigenvalue weighted by Crippen LogP contribution is 2.40. The summed E-state index contributed by atoms with van der Waals surface area (Å²) in [5.74, 6) is 1.76. The molecule has 0 unspecified atom stereocenters. The van der Waals surface area contributed by atoms with Crippen LogP contribution in [0.25, 0.3) is 133 Å². The predicted octanol–water partition coefficient (Wildman–Crippen LogP) is 15.5. The SMILES string of the molecule is c1ccc(-c2ccc3ccc(-c4nc(-c5ccc6c(ccc7oc8ccccc8c76)c5)nc(-c5cccc6oc7cc(-c8ccc9ccccc9c8)ccc7c56)n4)cc3c2)cc1. The first-order chi connectivity index (χ1) is 30.7. The highest BCUT2D eigenvalue weighted by molar-refractivity contribution is 6.19. The molecule has 13 aromatic rings. The minimum Gasteiger partial charge on any atom is -0.456 e. The predicted molar refractivity (Wildman–Crippen MR) is 254 cm³/mol. The molecule has 0 spiro atoms. The van der Waals surface area contributed by atoms with E-state index in [0.29, 0.717) is 17.5 Å². The van der Waals surface area contributed by atoms with Crippen molar-refractivity contribution in [3.63, 3.8) is 0 Å². The number of nitrogens with zero attached hydrogens (tertiary/aromatic N) is 3. The summed E-state index contributed by atoms with van der Waals surface area (Å²) in [6, 6.07) is 70.0. The van der Waals surface area contributed by atoms with Crippen LogP contribution in [0.5, 0.6) is 0 Å². The lowest BCUT2D eigenvalue weighted by atomic mass is 9.99. The molecule has 0 atom stereocenters. The molecule has 13 rings (SSSR count). The lowest BCUT2D eigenvalue weighted by Gasteiger charge is -2.11. The molecule has 5 nitrogen and oxygen atoms in total. The molecule has 62 heavy (non-hydrogen) atoms. The number of para-hydroxylation sites is 1. The van der Waals surface area contributed by atoms with Gasteiger partial charge in [-0.3, -0.25) is 0 Å². The largest absolute Gasteiger partial charge is 0.456 e. The third-order valence-electron chi connectivity index (χ3n) is 12.3. The van der Waals surface area contributed by atoms with Crippen molar-refractivity contribution in [1.82, 2.24) is 15.0 Å². The maximum absolute atomic E-state index is 6.62. The summed E-state index contributed by atoms with van der Waals surface area (Å²) in [6.07, 6.45) is 0. The van der Waals surface area contributed by atoms with Crippen LogP contribution in [0.2, 0.25) is 0 Å². The average Bonchev–Trinajstić information content (AvgIpc) is 3.92. The second kappa shape index (κ2) is 13.6. The quantitative estimate of drug-likeness (QED) is 0.174. The highest BCUT2D eigenvalue weighted by Gasteiger charge is 2.20. The van der Waals surface area contributed by atoms with Gasteiger partial charge in [0, 0.05) is 38.2 Å². The van der Waals surface area contributed by atoms with Crippen LogP contribution < -0.4 is 0 Å². The summed E-state index contributed by atoms with van der Waals surface area (Å²) in [5.41, 5.74) is 10.6. The van der Waals surface area contributed by atoms with E-state index in [1.54, 1.807) is 0 Å². The molecule has 0 saturated heterocycles. The topological polar surface area (TPSA) is 65.0 Å². The Morgan fingerprint density at radius 2 is 0.790 bits per heavy atom. The van der Waals surface area contributed by atoms with Gasteiger partial charge in [0.15, 0.2) is 17.5 Å². The molecule has 288 valence electrons. The normalized spacial score (nSPS) is 11.9. The Morgan fingerprint density at radius 3 is 1.65 bits per heavy atom. The zero-order chi connectivity index (χ0) is 40.7. The van der Waals surface area contributed by atoms with Crippen molar-refractivity contribution < 1.29 is 8.83 Å². The van der Waals surface area contributed by atoms with Crippen LogP contribution in [-0.2, 0) is 0 Å². The monoisotopic (exact) mass is 791 g/mol. The Labute approximate surface area is 355 Å². The molecule has 0 saturated carbocycles. The summed E-state index contributed by atoms with van der Waals surface area (Å²) in [4.78, 5) is 15.8. The van der Waals surface area contributed by atoms with Gasteiger partial charge in [0.25, 0.3) is 0 Å². The van der Waals surface area contributed by atoms with Crippen molar-refractivity contribution >= 4 is 76.2 Å². The van der Waals surface area contributed by atoms with Gasteiger partial charge in [0.2, 0.25) is 0 Å². The standard InChI is InChI=1S/C57H33N3O2/c1-2-9-34(10-3-1)38-20-18-36-19-22-42(32-44(36)30-38)55-58-56(43-24-26-45-41(31-43)25-28-51-53(45)46-13-6-7-15-49(46)61-51)60-57(59-55)48-14-8-16-50-54(48)47-27-23-40(33-52(47)62-50)39-21-17-35-11-4-5-12-37(35)29-39/h1-33H. The van der Waals surface area contributed by atoms with E-state index in [-0.39, 0.29) is 0 Å². The van der Waals surface area contributed by atoms with E-state index < -0.39 is 0 Å². The fourth-order valence-electron chi connectivity index (χ4n) is 9.20. The summed E-state index contributed by atoms with van der Waals surface area (Å²) >= 11 is 0. The van der Waals surface area contributed by atoms with Crippen LogP contribution in [0.1, 0.15) is 0 Å². The molecule has 5 heteroatoms. The third-order valence-corrected chi connectivity index (χ3v) is 12.3. The minimum absolute atomic E-state index is 0.575. The number of fused-ring (bicyclic) bond motifs is 10. The van der Waals surface area contributed by atoms with Crippen LogP contribution in [0, 0.1) is 0 Å². The fourth-order valence-corrected chi connectivity index (χ4v) is 9.20. The van der Waals surface area contributed by atoms with E-state index in [1.807, 2.05) is 30.3 Å². The van der Waals surface area contributed by atoms with Gasteiger partial charge in [-0.25, -0.2) is 15.0 Å². The van der Waals surface area contributed by atoms with Gasteiger partial charge in [-0.1, -0.05) is 146 Å². The second-order valence-corrected chi connectivity index (χ2v) is 16.0. The lowest BCUT2D eigenvalue weighted by molar-refractivity contribution is 0.669. The molecule has 0 aliphatic carbocycles. The Hall–Kier alpha value is -8.41. The summed E-state index contributed by atoms with van der Waals surface area (Å²) in [6.45, 7) is 0. The lowest BCUT2D eigenvalue weighted by Crippen LogP contribution is -2.00. The average molecular weight is 792 g/mol. The fraction of sp³-hybridized carbons (Fsp3) is 0. The molecule has 0 aliphatic rings. The van der Waals surface area contributed by atoms with E-state index >= 15 is 0 Å². The summed E-state index contributed by atoms with van der Waals surface area (Å²) < 4.78 is 12.8. The number of rotatable bonds is 5. The summed E-state index contributed by atoms with van der Waals surface area (Å²) in [7, 11) is 0. The molecule has 0 N–H and O–H groups in total. The molecule has 3 aromatic heterocycles. The highest BCUT2D eigenvalue weighted by atomic mass is 16.3. The van der Waals surface area contributed by atoms with Crippen molar-refractivity contribution in [3.05, 3.63) is 200 Å². The number of aromatic nitrogens is 3. The molecule has 0 aliphatic heterocycles. The van der Waals surface area contributed by atoms with E-state index in [1.165, 1.54) is 16.3 Å². The first-order valence-corrected chi connectivity index (χ1v) is 20.8. The van der Waals surface area contributed by atoms with E-state index in [9.17, 15) is 0 Å². The van der Waals surface area contributed by atoms with Crippen molar-refractivity contribution in [1.29, 1.82) is 0 Å². The minimum atomic E-state index is 0.575. The van der Waals surface area contributed by atoms with Crippen LogP contribution in [0.4, 0.5) is 0 Å². The molecule has 0 bridgehead atoms. The molecular formula is C57H33N3O2. The van der Waals surface area contributed by atoms with Crippen LogP contribution in [-0.4, -0.2) is 15.0 Å². The van der Waals surface area contributed by atoms with Gasteiger partial charge >= 0.3 is 0 Å². The number of hydrogen-bond acceptors (Lipinski definition) is 5. The maximum Gasteiger partial charge on any atom is 0.164 e.